The highest BCUT2D eigenvalue weighted by Gasteiger charge is 2.22. The van der Waals surface area contributed by atoms with Gasteiger partial charge in [-0.3, -0.25) is 4.79 Å². The fraction of sp³-hybridized carbons (Fsp3) is 0.250. The van der Waals surface area contributed by atoms with Crippen LogP contribution in [0.1, 0.15) is 10.5 Å². The highest BCUT2D eigenvalue weighted by molar-refractivity contribution is 6.36. The van der Waals surface area contributed by atoms with E-state index in [0.717, 1.165) is 16.7 Å². The summed E-state index contributed by atoms with van der Waals surface area (Å²) in [6.07, 6.45) is 0. The zero-order chi connectivity index (χ0) is 12.0. The molecular weight excluding hydrogens is 240 g/mol. The fourth-order valence-electron chi connectivity index (χ4n) is 2.23. The van der Waals surface area contributed by atoms with Crippen molar-refractivity contribution in [3.63, 3.8) is 0 Å². The Morgan fingerprint density at radius 1 is 1.53 bits per heavy atom. The Morgan fingerprint density at radius 3 is 3.12 bits per heavy atom. The standard InChI is InChI=1S/C12H11ClN2O2/c1-14-12(16)9-6-7-8(13)2-3-10-11(7)15(9)4-5-17-10/h2-3,6H,4-5H2,1H3,(H,14,16). The van der Waals surface area contributed by atoms with Gasteiger partial charge in [0.2, 0.25) is 0 Å². The monoisotopic (exact) mass is 250 g/mol. The molecule has 88 valence electrons. The number of halogens is 1. The molecule has 0 saturated heterocycles. The lowest BCUT2D eigenvalue weighted by Gasteiger charge is -2.18. The van der Waals surface area contributed by atoms with Crippen LogP contribution in [-0.2, 0) is 6.54 Å². The minimum absolute atomic E-state index is 0.106. The molecule has 0 bridgehead atoms. The van der Waals surface area contributed by atoms with Crippen LogP contribution >= 0.6 is 11.6 Å². The zero-order valence-electron chi connectivity index (χ0n) is 9.29. The summed E-state index contributed by atoms with van der Waals surface area (Å²) < 4.78 is 7.52. The highest BCUT2D eigenvalue weighted by Crippen LogP contribution is 2.36. The number of nitrogens with one attached hydrogen (secondary N) is 1. The summed E-state index contributed by atoms with van der Waals surface area (Å²) in [5, 5.41) is 4.14. The third-order valence-corrected chi connectivity index (χ3v) is 3.33. The van der Waals surface area contributed by atoms with Gasteiger partial charge in [0, 0.05) is 12.4 Å². The molecule has 0 spiro atoms. The highest BCUT2D eigenvalue weighted by atomic mass is 35.5. The summed E-state index contributed by atoms with van der Waals surface area (Å²) in [7, 11) is 1.62. The molecular formula is C12H11ClN2O2. The van der Waals surface area contributed by atoms with Crippen LogP contribution in [0.25, 0.3) is 10.9 Å². The second-order valence-electron chi connectivity index (χ2n) is 3.92. The second-order valence-corrected chi connectivity index (χ2v) is 4.32. The zero-order valence-corrected chi connectivity index (χ0v) is 10.0. The van der Waals surface area contributed by atoms with E-state index in [4.69, 9.17) is 16.3 Å². The van der Waals surface area contributed by atoms with Gasteiger partial charge in [-0.1, -0.05) is 11.6 Å². The second kappa shape index (κ2) is 3.67. The van der Waals surface area contributed by atoms with Gasteiger partial charge in [-0.15, -0.1) is 0 Å². The van der Waals surface area contributed by atoms with E-state index >= 15 is 0 Å². The number of nitrogens with zero attached hydrogens (tertiary/aromatic N) is 1. The Kier molecular flexibility index (Phi) is 2.26. The number of aromatic nitrogens is 1. The van der Waals surface area contributed by atoms with Gasteiger partial charge in [0.1, 0.15) is 18.1 Å². The molecule has 4 nitrogen and oxygen atoms in total. The molecule has 0 fully saturated rings. The van der Waals surface area contributed by atoms with Crippen LogP contribution in [0.3, 0.4) is 0 Å². The molecule has 0 atom stereocenters. The van der Waals surface area contributed by atoms with Crippen LogP contribution in [-0.4, -0.2) is 24.1 Å². The third-order valence-electron chi connectivity index (χ3n) is 3.00. The first-order chi connectivity index (χ1) is 8.22. The number of hydrogen-bond donors (Lipinski definition) is 1. The molecule has 1 aromatic carbocycles. The van der Waals surface area contributed by atoms with Crippen molar-refractivity contribution in [2.45, 2.75) is 6.54 Å². The number of rotatable bonds is 1. The molecule has 1 aliphatic rings. The average Bonchev–Trinajstić information content (AvgIpc) is 2.75. The van der Waals surface area contributed by atoms with Gasteiger partial charge < -0.3 is 14.6 Å². The summed E-state index contributed by atoms with van der Waals surface area (Å²) in [4.78, 5) is 11.8. The molecule has 2 heterocycles. The Labute approximate surface area is 103 Å². The third kappa shape index (κ3) is 1.41. The van der Waals surface area contributed by atoms with E-state index in [0.29, 0.717) is 23.9 Å². The lowest BCUT2D eigenvalue weighted by Crippen LogP contribution is -2.24. The van der Waals surface area contributed by atoms with Crippen molar-refractivity contribution < 1.29 is 9.53 Å². The SMILES string of the molecule is CNC(=O)c1cc2c(Cl)ccc3c2n1CCO3. The van der Waals surface area contributed by atoms with Gasteiger partial charge in [-0.2, -0.15) is 0 Å². The quantitative estimate of drug-likeness (QED) is 0.842. The van der Waals surface area contributed by atoms with E-state index < -0.39 is 0 Å². The van der Waals surface area contributed by atoms with Crippen LogP contribution < -0.4 is 10.1 Å². The number of carbonyl (C=O) groups excluding carboxylic acids is 1. The van der Waals surface area contributed by atoms with E-state index in [1.54, 1.807) is 13.1 Å². The number of carbonyl (C=O) groups is 1. The minimum atomic E-state index is -0.106. The Balaban J connectivity index is 2.37. The van der Waals surface area contributed by atoms with Crippen molar-refractivity contribution in [3.8, 4) is 5.75 Å². The van der Waals surface area contributed by atoms with Gasteiger partial charge in [0.15, 0.2) is 0 Å². The summed E-state index contributed by atoms with van der Waals surface area (Å²) in [5.41, 5.74) is 1.53. The van der Waals surface area contributed by atoms with Crippen molar-refractivity contribution in [1.29, 1.82) is 0 Å². The minimum Gasteiger partial charge on any atom is -0.490 e. The van der Waals surface area contributed by atoms with Crippen molar-refractivity contribution >= 4 is 28.4 Å². The first-order valence-electron chi connectivity index (χ1n) is 5.39. The van der Waals surface area contributed by atoms with E-state index in [1.165, 1.54) is 0 Å². The lowest BCUT2D eigenvalue weighted by atomic mass is 10.2. The maximum atomic E-state index is 11.8. The molecule has 1 amide bonds. The average molecular weight is 251 g/mol. The number of hydrogen-bond acceptors (Lipinski definition) is 2. The maximum absolute atomic E-state index is 11.8. The Hall–Kier alpha value is -1.68. The van der Waals surface area contributed by atoms with Crippen LogP contribution in [0.4, 0.5) is 0 Å². The summed E-state index contributed by atoms with van der Waals surface area (Å²) in [6.45, 7) is 1.24. The first-order valence-corrected chi connectivity index (χ1v) is 5.77. The fourth-order valence-corrected chi connectivity index (χ4v) is 2.43. The molecule has 17 heavy (non-hydrogen) atoms. The molecule has 1 aliphatic heterocycles. The number of ether oxygens (including phenoxy) is 1. The van der Waals surface area contributed by atoms with Crippen molar-refractivity contribution in [1.82, 2.24) is 9.88 Å². The Morgan fingerprint density at radius 2 is 2.35 bits per heavy atom. The summed E-state index contributed by atoms with van der Waals surface area (Å²) in [6, 6.07) is 5.45. The molecule has 0 radical (unpaired) electrons. The van der Waals surface area contributed by atoms with Gasteiger partial charge >= 0.3 is 0 Å². The summed E-state index contributed by atoms with van der Waals surface area (Å²) >= 11 is 6.14. The van der Waals surface area contributed by atoms with Crippen LogP contribution in [0.5, 0.6) is 5.75 Å². The van der Waals surface area contributed by atoms with E-state index in [9.17, 15) is 4.79 Å². The number of amides is 1. The molecule has 0 saturated carbocycles. The smallest absolute Gasteiger partial charge is 0.267 e. The van der Waals surface area contributed by atoms with Crippen molar-refractivity contribution in [3.05, 3.63) is 28.9 Å². The van der Waals surface area contributed by atoms with E-state index in [2.05, 4.69) is 5.32 Å². The van der Waals surface area contributed by atoms with Gasteiger partial charge in [-0.25, -0.2) is 0 Å². The predicted octanol–water partition coefficient (Wildman–Crippen LogP) is 2.05. The molecule has 1 aromatic heterocycles. The van der Waals surface area contributed by atoms with Gasteiger partial charge in [0.05, 0.1) is 17.1 Å². The molecule has 0 unspecified atom stereocenters. The maximum Gasteiger partial charge on any atom is 0.267 e. The summed E-state index contributed by atoms with van der Waals surface area (Å²) in [5.74, 6) is 0.677. The largest absolute Gasteiger partial charge is 0.490 e. The van der Waals surface area contributed by atoms with Crippen molar-refractivity contribution in [2.24, 2.45) is 0 Å². The topological polar surface area (TPSA) is 43.3 Å². The molecule has 1 N–H and O–H groups in total. The van der Waals surface area contributed by atoms with Crippen molar-refractivity contribution in [2.75, 3.05) is 13.7 Å². The number of benzene rings is 1. The Bertz CT molecular complexity index is 618. The first kappa shape index (κ1) is 10.5. The van der Waals surface area contributed by atoms with Crippen LogP contribution in [0, 0.1) is 0 Å². The lowest BCUT2D eigenvalue weighted by molar-refractivity contribution is 0.0952. The van der Waals surface area contributed by atoms with Crippen LogP contribution in [0.15, 0.2) is 18.2 Å². The molecule has 2 aromatic rings. The van der Waals surface area contributed by atoms with E-state index in [-0.39, 0.29) is 5.91 Å². The van der Waals surface area contributed by atoms with Gasteiger partial charge in [0.25, 0.3) is 5.91 Å². The predicted molar refractivity (Wildman–Crippen MR) is 65.8 cm³/mol. The van der Waals surface area contributed by atoms with E-state index in [1.807, 2.05) is 16.7 Å². The molecule has 3 rings (SSSR count). The molecule has 0 aliphatic carbocycles. The van der Waals surface area contributed by atoms with Gasteiger partial charge in [-0.05, 0) is 18.2 Å². The molecule has 5 heteroatoms. The normalized spacial score (nSPS) is 13.5. The van der Waals surface area contributed by atoms with Crippen LogP contribution in [0.2, 0.25) is 5.02 Å².